The van der Waals surface area contributed by atoms with Crippen LogP contribution in [0.5, 0.6) is 5.75 Å². The maximum atomic E-state index is 15.4. The van der Waals surface area contributed by atoms with Crippen molar-refractivity contribution in [2.45, 2.75) is 71.9 Å². The van der Waals surface area contributed by atoms with Crippen LogP contribution >= 0.6 is 11.6 Å². The van der Waals surface area contributed by atoms with Gasteiger partial charge in [0.1, 0.15) is 28.5 Å². The van der Waals surface area contributed by atoms with Gasteiger partial charge < -0.3 is 15.8 Å². The molecule has 0 aliphatic heterocycles. The van der Waals surface area contributed by atoms with Gasteiger partial charge in [-0.1, -0.05) is 25.4 Å². The molecular weight excluding hydrogens is 457 g/mol. The van der Waals surface area contributed by atoms with Crippen molar-refractivity contribution in [3.05, 3.63) is 51.9 Å². The maximum Gasteiger partial charge on any atom is 0.258 e. The average Bonchev–Trinajstić information content (AvgIpc) is 3.33. The predicted molar refractivity (Wildman–Crippen MR) is 131 cm³/mol. The van der Waals surface area contributed by atoms with Crippen LogP contribution in [0.2, 0.25) is 5.02 Å². The highest BCUT2D eigenvalue weighted by Crippen LogP contribution is 2.40. The zero-order valence-electron chi connectivity index (χ0n) is 20.2. The van der Waals surface area contributed by atoms with E-state index in [0.29, 0.717) is 28.6 Å². The molecule has 3 atom stereocenters. The Morgan fingerprint density at radius 1 is 1.35 bits per heavy atom. The molecule has 0 spiro atoms. The van der Waals surface area contributed by atoms with Gasteiger partial charge in [0.05, 0.1) is 16.8 Å². The van der Waals surface area contributed by atoms with E-state index in [4.69, 9.17) is 27.1 Å². The number of nitrogens with two attached hydrogens (primary N) is 1. The highest BCUT2D eigenvalue weighted by Gasteiger charge is 2.32. The number of rotatable bonds is 6. The zero-order valence-corrected chi connectivity index (χ0v) is 20.9. The number of hydrogen-bond acceptors (Lipinski definition) is 5. The minimum Gasteiger partial charge on any atom is -0.490 e. The number of carbonyl (C=O) groups is 1. The number of carbonyl (C=O) groups excluding carboxylic acids is 1. The van der Waals surface area contributed by atoms with E-state index in [2.05, 4.69) is 17.2 Å². The van der Waals surface area contributed by atoms with Crippen LogP contribution in [0.15, 0.2) is 18.5 Å². The number of fused-ring (bicyclic) bond motifs is 1. The minimum absolute atomic E-state index is 0.00280. The average molecular weight is 488 g/mol. The number of amides is 1. The van der Waals surface area contributed by atoms with Crippen LogP contribution in [0.3, 0.4) is 0 Å². The topological polar surface area (TPSA) is 94.5 Å². The van der Waals surface area contributed by atoms with E-state index < -0.39 is 11.7 Å². The van der Waals surface area contributed by atoms with Crippen molar-refractivity contribution >= 4 is 28.8 Å². The molecule has 0 bridgehead atoms. The van der Waals surface area contributed by atoms with Crippen LogP contribution in [-0.4, -0.2) is 32.4 Å². The number of aromatic nitrogens is 3. The Bertz CT molecular complexity index is 1240. The molecule has 0 saturated heterocycles. The Hall–Kier alpha value is -2.87. The van der Waals surface area contributed by atoms with Crippen molar-refractivity contribution in [3.63, 3.8) is 0 Å². The third-order valence-corrected chi connectivity index (χ3v) is 6.72. The molecule has 7 nitrogen and oxygen atoms in total. The van der Waals surface area contributed by atoms with Gasteiger partial charge in [0.25, 0.3) is 5.91 Å². The van der Waals surface area contributed by atoms with Crippen molar-refractivity contribution in [3.8, 4) is 5.75 Å². The summed E-state index contributed by atoms with van der Waals surface area (Å²) in [6.45, 7) is 9.60. The Balaban J connectivity index is 1.84. The van der Waals surface area contributed by atoms with Gasteiger partial charge in [-0.25, -0.2) is 14.4 Å². The highest BCUT2D eigenvalue weighted by atomic mass is 35.5. The number of halogens is 2. The monoisotopic (exact) mass is 487 g/mol. The molecule has 0 radical (unpaired) electrons. The van der Waals surface area contributed by atoms with Crippen LogP contribution in [-0.2, 0) is 0 Å². The Morgan fingerprint density at radius 3 is 2.74 bits per heavy atom. The fourth-order valence-corrected chi connectivity index (χ4v) is 5.04. The first-order valence-corrected chi connectivity index (χ1v) is 12.0. The van der Waals surface area contributed by atoms with E-state index in [9.17, 15) is 4.79 Å². The molecule has 1 aliphatic rings. The molecule has 2 heterocycles. The second kappa shape index (κ2) is 9.41. The summed E-state index contributed by atoms with van der Waals surface area (Å²) < 4.78 is 23.3. The van der Waals surface area contributed by atoms with Gasteiger partial charge in [-0.05, 0) is 52.0 Å². The van der Waals surface area contributed by atoms with Gasteiger partial charge >= 0.3 is 0 Å². The lowest BCUT2D eigenvalue weighted by atomic mass is 9.95. The Morgan fingerprint density at radius 2 is 2.09 bits per heavy atom. The van der Waals surface area contributed by atoms with Crippen molar-refractivity contribution in [2.75, 3.05) is 5.73 Å². The molecule has 1 fully saturated rings. The smallest absolute Gasteiger partial charge is 0.258 e. The summed E-state index contributed by atoms with van der Waals surface area (Å²) >= 11 is 6.32. The van der Waals surface area contributed by atoms with Crippen molar-refractivity contribution in [1.29, 1.82) is 0 Å². The molecule has 4 rings (SSSR count). The summed E-state index contributed by atoms with van der Waals surface area (Å²) in [5.74, 6) is 0.0596. The molecule has 0 unspecified atom stereocenters. The van der Waals surface area contributed by atoms with E-state index in [1.165, 1.54) is 6.07 Å². The van der Waals surface area contributed by atoms with E-state index in [1.807, 2.05) is 32.1 Å². The molecule has 3 N–H and O–H groups in total. The van der Waals surface area contributed by atoms with Crippen LogP contribution in [0, 0.1) is 18.7 Å². The maximum absolute atomic E-state index is 15.4. The lowest BCUT2D eigenvalue weighted by Gasteiger charge is -2.23. The molecule has 1 saturated carbocycles. The van der Waals surface area contributed by atoms with Gasteiger partial charge in [0, 0.05) is 29.9 Å². The van der Waals surface area contributed by atoms with Crippen LogP contribution in [0.4, 0.5) is 10.2 Å². The first-order valence-electron chi connectivity index (χ1n) is 11.7. The van der Waals surface area contributed by atoms with Crippen LogP contribution in [0.25, 0.3) is 5.52 Å². The summed E-state index contributed by atoms with van der Waals surface area (Å²) in [5.41, 5.74) is 7.92. The van der Waals surface area contributed by atoms with E-state index in [0.717, 1.165) is 25.0 Å². The van der Waals surface area contributed by atoms with Crippen molar-refractivity contribution in [2.24, 2.45) is 5.92 Å². The lowest BCUT2D eigenvalue weighted by Crippen LogP contribution is -2.34. The Kier molecular flexibility index (Phi) is 6.71. The first-order chi connectivity index (χ1) is 16.1. The third kappa shape index (κ3) is 4.43. The molecule has 34 heavy (non-hydrogen) atoms. The summed E-state index contributed by atoms with van der Waals surface area (Å²) in [6, 6.07) is 1.53. The number of nitrogen functional groups attached to an aromatic ring is 1. The van der Waals surface area contributed by atoms with E-state index >= 15 is 4.39 Å². The van der Waals surface area contributed by atoms with Gasteiger partial charge in [-0.3, -0.25) is 9.20 Å². The molecule has 1 amide bonds. The minimum atomic E-state index is -0.783. The van der Waals surface area contributed by atoms with Gasteiger partial charge in [-0.15, -0.1) is 0 Å². The summed E-state index contributed by atoms with van der Waals surface area (Å²) in [6.07, 6.45) is 5.86. The number of hydrogen-bond donors (Lipinski definition) is 2. The number of aryl methyl sites for hydroxylation is 1. The first kappa shape index (κ1) is 24.3. The van der Waals surface area contributed by atoms with Crippen molar-refractivity contribution < 1.29 is 13.9 Å². The Labute approximate surface area is 203 Å². The fourth-order valence-electron chi connectivity index (χ4n) is 4.82. The van der Waals surface area contributed by atoms with Gasteiger partial charge in [-0.2, -0.15) is 0 Å². The second-order valence-electron chi connectivity index (χ2n) is 9.53. The molecule has 9 heteroatoms. The third-order valence-electron chi connectivity index (χ3n) is 6.45. The van der Waals surface area contributed by atoms with Gasteiger partial charge in [0.2, 0.25) is 0 Å². The standard InChI is InChI=1S/C25H31ClFN5O2/c1-12(2)34-22-17(14(4)24-30-15(5)21-23(28)29-8-9-32(21)24)11-18(26)20(27)19(22)25(33)31-16-7-6-13(3)10-16/h8-9,11-14,16H,6-7,10H2,1-5H3,(H2,28,29)(H,31,33)/t13-,14+,16+/m1/s1. The van der Waals surface area contributed by atoms with Crippen LogP contribution in [0.1, 0.15) is 80.3 Å². The molecule has 2 aromatic heterocycles. The highest BCUT2D eigenvalue weighted by molar-refractivity contribution is 6.31. The SMILES string of the molecule is Cc1nc([C@@H](C)c2cc(Cl)c(F)c(C(=O)N[C@H]3CC[C@@H](C)C3)c2OC(C)C)n2ccnc(N)c12. The summed E-state index contributed by atoms with van der Waals surface area (Å²) in [7, 11) is 0. The number of anilines is 1. The zero-order chi connectivity index (χ0) is 24.7. The number of nitrogens with zero attached hydrogens (tertiary/aromatic N) is 3. The molecule has 1 aliphatic carbocycles. The largest absolute Gasteiger partial charge is 0.490 e. The molecular formula is C25H31ClFN5O2. The predicted octanol–water partition coefficient (Wildman–Crippen LogP) is 5.27. The van der Waals surface area contributed by atoms with Crippen molar-refractivity contribution in [1.82, 2.24) is 19.7 Å². The lowest BCUT2D eigenvalue weighted by molar-refractivity contribution is 0.0926. The molecule has 182 valence electrons. The number of ether oxygens (including phenoxy) is 1. The molecule has 3 aromatic rings. The molecule has 1 aromatic carbocycles. The summed E-state index contributed by atoms with van der Waals surface area (Å²) in [4.78, 5) is 22.2. The quantitative estimate of drug-likeness (QED) is 0.494. The van der Waals surface area contributed by atoms with E-state index in [-0.39, 0.29) is 34.4 Å². The number of nitrogens with one attached hydrogen (secondary N) is 1. The second-order valence-corrected chi connectivity index (χ2v) is 9.94. The normalized spacial score (nSPS) is 19.1. The number of imidazole rings is 1. The summed E-state index contributed by atoms with van der Waals surface area (Å²) in [5, 5.41) is 2.85. The van der Waals surface area contributed by atoms with E-state index in [1.54, 1.807) is 12.4 Å². The van der Waals surface area contributed by atoms with Gasteiger partial charge in [0.15, 0.2) is 5.82 Å². The fraction of sp³-hybridized carbons (Fsp3) is 0.480. The number of benzene rings is 1. The van der Waals surface area contributed by atoms with Crippen LogP contribution < -0.4 is 15.8 Å².